The lowest BCUT2D eigenvalue weighted by Gasteiger charge is -2.21. The maximum Gasteiger partial charge on any atom is 0.250 e. The third-order valence-corrected chi connectivity index (χ3v) is 6.46. The highest BCUT2D eigenvalue weighted by molar-refractivity contribution is 7.91. The highest BCUT2D eigenvalue weighted by Crippen LogP contribution is 2.21. The minimum absolute atomic E-state index is 0.304. The predicted octanol–water partition coefficient (Wildman–Crippen LogP) is 1.83. The molecular formula is C13H22N2O3S2. The molecule has 0 unspecified atom stereocenters. The van der Waals surface area contributed by atoms with Crippen LogP contribution in [0.5, 0.6) is 0 Å². The average Bonchev–Trinajstić information content (AvgIpc) is 2.95. The van der Waals surface area contributed by atoms with Crippen molar-refractivity contribution in [2.45, 2.75) is 49.0 Å². The Labute approximate surface area is 124 Å². The molecule has 1 aromatic heterocycles. The van der Waals surface area contributed by atoms with E-state index in [2.05, 4.69) is 4.72 Å². The molecule has 0 spiro atoms. The van der Waals surface area contributed by atoms with Crippen molar-refractivity contribution in [2.75, 3.05) is 13.2 Å². The molecule has 0 atom stereocenters. The lowest BCUT2D eigenvalue weighted by molar-refractivity contribution is 0.0321. The van der Waals surface area contributed by atoms with Gasteiger partial charge < -0.3 is 10.5 Å². The SMILES string of the molecule is NCc1ccc(S(=O)(=O)NCCOC2CCCCC2)s1. The number of sulfonamides is 1. The number of hydrogen-bond donors (Lipinski definition) is 2. The lowest BCUT2D eigenvalue weighted by Crippen LogP contribution is -2.29. The zero-order chi connectivity index (χ0) is 14.4. The summed E-state index contributed by atoms with van der Waals surface area (Å²) < 4.78 is 32.6. The van der Waals surface area contributed by atoms with Gasteiger partial charge in [-0.2, -0.15) is 0 Å². The fourth-order valence-corrected chi connectivity index (χ4v) is 4.61. The number of rotatable bonds is 7. The summed E-state index contributed by atoms with van der Waals surface area (Å²) in [6.07, 6.45) is 6.21. The van der Waals surface area contributed by atoms with E-state index in [0.29, 0.717) is 30.0 Å². The molecule has 1 aliphatic carbocycles. The summed E-state index contributed by atoms with van der Waals surface area (Å²) in [5.41, 5.74) is 5.49. The van der Waals surface area contributed by atoms with Crippen molar-refractivity contribution in [3.8, 4) is 0 Å². The van der Waals surface area contributed by atoms with Gasteiger partial charge in [-0.05, 0) is 25.0 Å². The maximum absolute atomic E-state index is 12.0. The second-order valence-corrected chi connectivity index (χ2v) is 8.12. The van der Waals surface area contributed by atoms with Gasteiger partial charge in [0.05, 0.1) is 12.7 Å². The number of hydrogen-bond acceptors (Lipinski definition) is 5. The molecule has 0 radical (unpaired) electrons. The van der Waals surface area contributed by atoms with Crippen molar-refractivity contribution >= 4 is 21.4 Å². The first-order chi connectivity index (χ1) is 9.62. The fourth-order valence-electron chi connectivity index (χ4n) is 2.32. The van der Waals surface area contributed by atoms with Gasteiger partial charge in [0.15, 0.2) is 0 Å². The zero-order valence-corrected chi connectivity index (χ0v) is 13.1. The second-order valence-electron chi connectivity index (χ2n) is 4.95. The van der Waals surface area contributed by atoms with Gasteiger partial charge in [0.25, 0.3) is 0 Å². The first-order valence-corrected chi connectivity index (χ1v) is 9.32. The first-order valence-electron chi connectivity index (χ1n) is 7.02. The van der Waals surface area contributed by atoms with Gasteiger partial charge in [0.1, 0.15) is 4.21 Å². The van der Waals surface area contributed by atoms with E-state index < -0.39 is 10.0 Å². The molecule has 1 fully saturated rings. The largest absolute Gasteiger partial charge is 0.377 e. The van der Waals surface area contributed by atoms with Gasteiger partial charge in [0.2, 0.25) is 10.0 Å². The topological polar surface area (TPSA) is 81.4 Å². The summed E-state index contributed by atoms with van der Waals surface area (Å²) in [7, 11) is -3.42. The number of nitrogens with two attached hydrogens (primary N) is 1. The molecule has 0 amide bonds. The summed E-state index contributed by atoms with van der Waals surface area (Å²) in [4.78, 5) is 0.865. The van der Waals surface area contributed by atoms with Crippen molar-refractivity contribution in [1.29, 1.82) is 0 Å². The summed E-state index contributed by atoms with van der Waals surface area (Å²) >= 11 is 1.21. The van der Waals surface area contributed by atoms with E-state index in [1.54, 1.807) is 12.1 Å². The lowest BCUT2D eigenvalue weighted by atomic mass is 9.98. The predicted molar refractivity (Wildman–Crippen MR) is 80.2 cm³/mol. The second kappa shape index (κ2) is 7.51. The van der Waals surface area contributed by atoms with E-state index in [9.17, 15) is 8.42 Å². The molecule has 114 valence electrons. The van der Waals surface area contributed by atoms with Crippen LogP contribution in [-0.2, 0) is 21.3 Å². The summed E-state index contributed by atoms with van der Waals surface area (Å²) in [6.45, 7) is 1.11. The molecule has 5 nitrogen and oxygen atoms in total. The minimum atomic E-state index is -3.42. The summed E-state index contributed by atoms with van der Waals surface area (Å²) in [6, 6.07) is 3.34. The molecule has 2 rings (SSSR count). The summed E-state index contributed by atoms with van der Waals surface area (Å²) in [5.74, 6) is 0. The van der Waals surface area contributed by atoms with E-state index in [4.69, 9.17) is 10.5 Å². The van der Waals surface area contributed by atoms with Crippen molar-refractivity contribution < 1.29 is 13.2 Å². The Hall–Kier alpha value is -0.470. The van der Waals surface area contributed by atoms with Crippen LogP contribution in [0.1, 0.15) is 37.0 Å². The van der Waals surface area contributed by atoms with Gasteiger partial charge >= 0.3 is 0 Å². The van der Waals surface area contributed by atoms with Crippen molar-refractivity contribution in [2.24, 2.45) is 5.73 Å². The Bertz CT molecular complexity index is 507. The van der Waals surface area contributed by atoms with Crippen molar-refractivity contribution in [3.05, 3.63) is 17.0 Å². The normalized spacial score (nSPS) is 17.4. The monoisotopic (exact) mass is 318 g/mol. The maximum atomic E-state index is 12.0. The van der Waals surface area contributed by atoms with E-state index in [1.807, 2.05) is 0 Å². The fraction of sp³-hybridized carbons (Fsp3) is 0.692. The van der Waals surface area contributed by atoms with Crippen molar-refractivity contribution in [1.82, 2.24) is 4.72 Å². The quantitative estimate of drug-likeness (QED) is 0.752. The number of ether oxygens (including phenoxy) is 1. The van der Waals surface area contributed by atoms with Gasteiger partial charge in [-0.3, -0.25) is 0 Å². The van der Waals surface area contributed by atoms with Crippen LogP contribution in [0.15, 0.2) is 16.3 Å². The number of thiophene rings is 1. The first kappa shape index (κ1) is 15.9. The molecule has 20 heavy (non-hydrogen) atoms. The molecule has 1 aromatic rings. The molecule has 0 aromatic carbocycles. The molecule has 1 heterocycles. The van der Waals surface area contributed by atoms with Crippen LogP contribution in [0, 0.1) is 0 Å². The van der Waals surface area contributed by atoms with E-state index in [-0.39, 0.29) is 0 Å². The molecule has 0 aliphatic heterocycles. The van der Waals surface area contributed by atoms with Crippen molar-refractivity contribution in [3.63, 3.8) is 0 Å². The molecule has 7 heteroatoms. The van der Waals surface area contributed by atoms with Crippen LogP contribution >= 0.6 is 11.3 Å². The Morgan fingerprint density at radius 1 is 1.30 bits per heavy atom. The molecule has 3 N–H and O–H groups in total. The Kier molecular flexibility index (Phi) is 5.98. The Morgan fingerprint density at radius 2 is 2.05 bits per heavy atom. The molecule has 1 aliphatic rings. The molecule has 1 saturated carbocycles. The van der Waals surface area contributed by atoms with Crippen LogP contribution in [-0.4, -0.2) is 27.7 Å². The van der Waals surface area contributed by atoms with Gasteiger partial charge in [-0.25, -0.2) is 13.1 Å². The van der Waals surface area contributed by atoms with Gasteiger partial charge in [-0.15, -0.1) is 11.3 Å². The number of nitrogens with one attached hydrogen (secondary N) is 1. The van der Waals surface area contributed by atoms with Crippen LogP contribution in [0.25, 0.3) is 0 Å². The summed E-state index contributed by atoms with van der Waals surface area (Å²) in [5, 5.41) is 0. The molecule has 0 bridgehead atoms. The van der Waals surface area contributed by atoms with Gasteiger partial charge in [0, 0.05) is 18.0 Å². The Balaban J connectivity index is 1.74. The standard InChI is InChI=1S/C13H22N2O3S2/c14-10-12-6-7-13(19-12)20(16,17)15-8-9-18-11-4-2-1-3-5-11/h6-7,11,15H,1-5,8-10,14H2. The Morgan fingerprint density at radius 3 is 2.70 bits per heavy atom. The smallest absolute Gasteiger partial charge is 0.250 e. The highest BCUT2D eigenvalue weighted by Gasteiger charge is 2.17. The van der Waals surface area contributed by atoms with Crippen LogP contribution in [0.3, 0.4) is 0 Å². The van der Waals surface area contributed by atoms with E-state index in [1.165, 1.54) is 30.6 Å². The van der Waals surface area contributed by atoms with Gasteiger partial charge in [-0.1, -0.05) is 19.3 Å². The average molecular weight is 318 g/mol. The van der Waals surface area contributed by atoms with Crippen LogP contribution in [0.2, 0.25) is 0 Å². The highest BCUT2D eigenvalue weighted by atomic mass is 32.2. The van der Waals surface area contributed by atoms with Crippen LogP contribution < -0.4 is 10.5 Å². The minimum Gasteiger partial charge on any atom is -0.377 e. The van der Waals surface area contributed by atoms with Crippen LogP contribution in [0.4, 0.5) is 0 Å². The van der Waals surface area contributed by atoms with E-state index >= 15 is 0 Å². The molecule has 0 saturated heterocycles. The third kappa shape index (κ3) is 4.53. The zero-order valence-electron chi connectivity index (χ0n) is 11.5. The molecular weight excluding hydrogens is 296 g/mol. The third-order valence-electron chi connectivity index (χ3n) is 3.40. The van der Waals surface area contributed by atoms with E-state index in [0.717, 1.165) is 17.7 Å².